The summed E-state index contributed by atoms with van der Waals surface area (Å²) in [4.78, 5) is 24.9. The molecule has 0 fully saturated rings. The van der Waals surface area contributed by atoms with Gasteiger partial charge in [-0.15, -0.1) is 0 Å². The van der Waals surface area contributed by atoms with Crippen LogP contribution in [0.1, 0.15) is 19.8 Å². The minimum atomic E-state index is -1.01. The Morgan fingerprint density at radius 3 is 2.48 bits per heavy atom. The molecule has 1 amide bonds. The number of benzene rings is 1. The maximum Gasteiger partial charge on any atom is 0.326 e. The van der Waals surface area contributed by atoms with Crippen LogP contribution in [0.15, 0.2) is 30.3 Å². The topological polar surface area (TPSA) is 95.7 Å². The molecule has 0 spiro atoms. The maximum atomic E-state index is 12.3. The largest absolute Gasteiger partial charge is 0.480 e. The SMILES string of the molecule is CC(Nc1ccccc1)C(=O)N(C)C(CCCN)C(=O)O. The van der Waals surface area contributed by atoms with E-state index in [1.807, 2.05) is 30.3 Å². The fraction of sp³-hybridized carbons (Fsp3) is 0.467. The highest BCUT2D eigenvalue weighted by Crippen LogP contribution is 2.11. The summed E-state index contributed by atoms with van der Waals surface area (Å²) in [5.41, 5.74) is 6.23. The van der Waals surface area contributed by atoms with Gasteiger partial charge in [-0.3, -0.25) is 4.79 Å². The lowest BCUT2D eigenvalue weighted by atomic mass is 10.1. The van der Waals surface area contributed by atoms with Gasteiger partial charge in [-0.25, -0.2) is 4.79 Å². The molecule has 1 rings (SSSR count). The predicted molar refractivity (Wildman–Crippen MR) is 82.0 cm³/mol. The fourth-order valence-electron chi connectivity index (χ4n) is 2.10. The number of likely N-dealkylation sites (N-methyl/N-ethyl adjacent to an activating group) is 1. The van der Waals surface area contributed by atoms with E-state index in [2.05, 4.69) is 5.32 Å². The Balaban J connectivity index is 2.68. The number of rotatable bonds is 8. The zero-order valence-electron chi connectivity index (χ0n) is 12.5. The average molecular weight is 293 g/mol. The van der Waals surface area contributed by atoms with Crippen molar-refractivity contribution in [2.24, 2.45) is 5.73 Å². The normalized spacial score (nSPS) is 13.3. The number of carboxylic acids is 1. The molecule has 2 unspecified atom stereocenters. The molecule has 0 aliphatic heterocycles. The van der Waals surface area contributed by atoms with E-state index in [1.54, 1.807) is 6.92 Å². The minimum absolute atomic E-state index is 0.261. The van der Waals surface area contributed by atoms with E-state index in [0.29, 0.717) is 19.4 Å². The lowest BCUT2D eigenvalue weighted by Gasteiger charge is -2.28. The summed E-state index contributed by atoms with van der Waals surface area (Å²) < 4.78 is 0. The fourth-order valence-corrected chi connectivity index (χ4v) is 2.10. The van der Waals surface area contributed by atoms with Crippen molar-refractivity contribution in [3.8, 4) is 0 Å². The van der Waals surface area contributed by atoms with E-state index in [0.717, 1.165) is 5.69 Å². The number of nitrogens with one attached hydrogen (secondary N) is 1. The smallest absolute Gasteiger partial charge is 0.326 e. The van der Waals surface area contributed by atoms with E-state index < -0.39 is 18.1 Å². The van der Waals surface area contributed by atoms with Crippen LogP contribution in [0.5, 0.6) is 0 Å². The predicted octanol–water partition coefficient (Wildman–Crippen LogP) is 1.14. The van der Waals surface area contributed by atoms with Gasteiger partial charge in [-0.1, -0.05) is 18.2 Å². The second kappa shape index (κ2) is 8.26. The number of hydrogen-bond donors (Lipinski definition) is 3. The van der Waals surface area contributed by atoms with Crippen molar-refractivity contribution < 1.29 is 14.7 Å². The number of carbonyl (C=O) groups excluding carboxylic acids is 1. The summed E-state index contributed by atoms with van der Waals surface area (Å²) in [5, 5.41) is 12.3. The Hall–Kier alpha value is -2.08. The molecule has 0 saturated carbocycles. The van der Waals surface area contributed by atoms with Crippen LogP contribution in [0.25, 0.3) is 0 Å². The van der Waals surface area contributed by atoms with Crippen molar-refractivity contribution in [1.29, 1.82) is 0 Å². The number of carbonyl (C=O) groups is 2. The molecule has 4 N–H and O–H groups in total. The lowest BCUT2D eigenvalue weighted by molar-refractivity contribution is -0.149. The van der Waals surface area contributed by atoms with Crippen LogP contribution in [0, 0.1) is 0 Å². The summed E-state index contributed by atoms with van der Waals surface area (Å²) in [6.07, 6.45) is 0.918. The van der Waals surface area contributed by atoms with Crippen LogP contribution in [-0.2, 0) is 9.59 Å². The molecule has 1 aromatic carbocycles. The lowest BCUT2D eigenvalue weighted by Crippen LogP contribution is -2.48. The molecule has 21 heavy (non-hydrogen) atoms. The molecule has 0 aromatic heterocycles. The molecule has 0 aliphatic rings. The molecule has 116 valence electrons. The summed E-state index contributed by atoms with van der Waals surface area (Å²) in [6.45, 7) is 2.12. The van der Waals surface area contributed by atoms with Gasteiger partial charge >= 0.3 is 5.97 Å². The first-order valence-electron chi connectivity index (χ1n) is 6.98. The number of carboxylic acid groups (broad SMARTS) is 1. The number of anilines is 1. The van der Waals surface area contributed by atoms with Gasteiger partial charge in [0.25, 0.3) is 0 Å². The number of nitrogens with two attached hydrogens (primary N) is 1. The zero-order valence-corrected chi connectivity index (χ0v) is 12.5. The second-order valence-corrected chi connectivity index (χ2v) is 4.97. The summed E-state index contributed by atoms with van der Waals surface area (Å²) in [5.74, 6) is -1.27. The van der Waals surface area contributed by atoms with Gasteiger partial charge in [0.15, 0.2) is 0 Å². The number of nitrogens with zero attached hydrogens (tertiary/aromatic N) is 1. The molecular weight excluding hydrogens is 270 g/mol. The van der Waals surface area contributed by atoms with Gasteiger partial charge in [0.05, 0.1) is 0 Å². The first-order chi connectivity index (χ1) is 9.97. The summed E-state index contributed by atoms with van der Waals surface area (Å²) in [7, 11) is 1.51. The third-order valence-electron chi connectivity index (χ3n) is 3.31. The maximum absolute atomic E-state index is 12.3. The minimum Gasteiger partial charge on any atom is -0.480 e. The monoisotopic (exact) mass is 293 g/mol. The Labute approximate surface area is 124 Å². The molecular formula is C15H23N3O3. The van der Waals surface area contributed by atoms with Crippen LogP contribution in [0.2, 0.25) is 0 Å². The van der Waals surface area contributed by atoms with Crippen molar-refractivity contribution in [3.05, 3.63) is 30.3 Å². The third kappa shape index (κ3) is 5.07. The van der Waals surface area contributed by atoms with Gasteiger partial charge in [-0.2, -0.15) is 0 Å². The van der Waals surface area contributed by atoms with Crippen LogP contribution in [-0.4, -0.2) is 47.6 Å². The number of amides is 1. The highest BCUT2D eigenvalue weighted by Gasteiger charge is 2.28. The molecule has 6 heteroatoms. The molecule has 0 heterocycles. The van der Waals surface area contributed by atoms with Crippen LogP contribution in [0.4, 0.5) is 5.69 Å². The Morgan fingerprint density at radius 1 is 1.33 bits per heavy atom. The molecule has 6 nitrogen and oxygen atoms in total. The van der Waals surface area contributed by atoms with Crippen LogP contribution < -0.4 is 11.1 Å². The molecule has 2 atom stereocenters. The van der Waals surface area contributed by atoms with Gasteiger partial charge in [0, 0.05) is 12.7 Å². The van der Waals surface area contributed by atoms with E-state index >= 15 is 0 Å². The van der Waals surface area contributed by atoms with Crippen molar-refractivity contribution >= 4 is 17.6 Å². The highest BCUT2D eigenvalue weighted by molar-refractivity contribution is 5.88. The molecule has 0 bridgehead atoms. The Kier molecular flexibility index (Phi) is 6.68. The van der Waals surface area contributed by atoms with E-state index in [1.165, 1.54) is 11.9 Å². The quantitative estimate of drug-likeness (QED) is 0.668. The third-order valence-corrected chi connectivity index (χ3v) is 3.31. The second-order valence-electron chi connectivity index (χ2n) is 4.97. The number of para-hydroxylation sites is 1. The van der Waals surface area contributed by atoms with E-state index in [4.69, 9.17) is 5.73 Å². The number of aliphatic carboxylic acids is 1. The van der Waals surface area contributed by atoms with Gasteiger partial charge in [0.1, 0.15) is 12.1 Å². The zero-order chi connectivity index (χ0) is 15.8. The van der Waals surface area contributed by atoms with Gasteiger partial charge in [0.2, 0.25) is 5.91 Å². The van der Waals surface area contributed by atoms with Crippen molar-refractivity contribution in [2.75, 3.05) is 18.9 Å². The van der Waals surface area contributed by atoms with Gasteiger partial charge < -0.3 is 21.1 Å². The molecule has 1 aromatic rings. The molecule has 0 aliphatic carbocycles. The first kappa shape index (κ1) is 17.0. The Morgan fingerprint density at radius 2 is 1.95 bits per heavy atom. The van der Waals surface area contributed by atoms with Crippen LogP contribution >= 0.6 is 0 Å². The average Bonchev–Trinajstić information content (AvgIpc) is 2.47. The van der Waals surface area contributed by atoms with Crippen molar-refractivity contribution in [1.82, 2.24) is 4.90 Å². The standard InChI is InChI=1S/C15H23N3O3/c1-11(17-12-7-4-3-5-8-12)14(19)18(2)13(15(20)21)9-6-10-16/h3-5,7-8,11,13,17H,6,9-10,16H2,1-2H3,(H,20,21). The first-order valence-corrected chi connectivity index (χ1v) is 6.98. The van der Waals surface area contributed by atoms with Crippen molar-refractivity contribution in [3.63, 3.8) is 0 Å². The van der Waals surface area contributed by atoms with Crippen LogP contribution in [0.3, 0.4) is 0 Å². The number of hydrogen-bond acceptors (Lipinski definition) is 4. The molecule has 0 saturated heterocycles. The summed E-state index contributed by atoms with van der Waals surface area (Å²) >= 11 is 0. The van der Waals surface area contributed by atoms with E-state index in [-0.39, 0.29) is 5.91 Å². The van der Waals surface area contributed by atoms with Gasteiger partial charge in [-0.05, 0) is 38.4 Å². The van der Waals surface area contributed by atoms with E-state index in [9.17, 15) is 14.7 Å². The van der Waals surface area contributed by atoms with Crippen molar-refractivity contribution in [2.45, 2.75) is 31.8 Å². The Bertz CT molecular complexity index is 464. The molecule has 0 radical (unpaired) electrons. The highest BCUT2D eigenvalue weighted by atomic mass is 16.4. The summed E-state index contributed by atoms with van der Waals surface area (Å²) in [6, 6.07) is 7.98.